The molecule has 0 aliphatic rings. The first kappa shape index (κ1) is 11.3. The van der Waals surface area contributed by atoms with E-state index in [4.69, 9.17) is 5.26 Å². The summed E-state index contributed by atoms with van der Waals surface area (Å²) < 4.78 is 0. The fourth-order valence-corrected chi connectivity index (χ4v) is 0.0323. The van der Waals surface area contributed by atoms with Crippen molar-refractivity contribution in [3.8, 4) is 6.07 Å². The van der Waals surface area contributed by atoms with Crippen molar-refractivity contribution in [2.24, 2.45) is 5.41 Å². The van der Waals surface area contributed by atoms with E-state index in [1.165, 1.54) is 0 Å². The van der Waals surface area contributed by atoms with Gasteiger partial charge in [-0.15, -0.1) is 6.61 Å². The smallest absolute Gasteiger partial charge is 0.853 e. The Morgan fingerprint density at radius 3 is 2.00 bits per heavy atom. The third kappa shape index (κ3) is 4.61. The van der Waals surface area contributed by atoms with E-state index in [2.05, 4.69) is 0 Å². The van der Waals surface area contributed by atoms with Crippen LogP contribution in [0.2, 0.25) is 0 Å². The predicted octanol–water partition coefficient (Wildman–Crippen LogP) is -3.10. The molecule has 0 aliphatic carbocycles. The summed E-state index contributed by atoms with van der Waals surface area (Å²) in [5, 5.41) is 18.1. The Balaban J connectivity index is 0. The van der Waals surface area contributed by atoms with Crippen molar-refractivity contribution in [3.05, 3.63) is 0 Å². The maximum atomic E-state index is 9.96. The normalized spacial score (nSPS) is 9.25. The summed E-state index contributed by atoms with van der Waals surface area (Å²) >= 11 is 0. The summed E-state index contributed by atoms with van der Waals surface area (Å²) in [6.07, 6.45) is 0. The molecule has 0 radical (unpaired) electrons. The topological polar surface area (TPSA) is 46.8 Å². The van der Waals surface area contributed by atoms with Gasteiger partial charge in [0.1, 0.15) is 0 Å². The Labute approximate surface area is 71.8 Å². The van der Waals surface area contributed by atoms with Crippen LogP contribution in [0.3, 0.4) is 0 Å². The molecule has 8 heavy (non-hydrogen) atoms. The first-order valence-electron chi connectivity index (χ1n) is 2.12. The zero-order chi connectivity index (χ0) is 5.91. The largest absolute Gasteiger partial charge is 1.00 e. The molecule has 0 aromatic carbocycles. The molecule has 3 heteroatoms. The van der Waals surface area contributed by atoms with Crippen molar-refractivity contribution in [1.29, 1.82) is 5.26 Å². The van der Waals surface area contributed by atoms with Crippen molar-refractivity contribution in [2.75, 3.05) is 6.61 Å². The van der Waals surface area contributed by atoms with Crippen LogP contribution in [0.15, 0.2) is 0 Å². The molecule has 0 unspecified atom stereocenters. The Hall–Kier alpha value is 0.450. The van der Waals surface area contributed by atoms with Crippen LogP contribution in [0.4, 0.5) is 0 Å². The molecule has 0 aliphatic heterocycles. The first-order valence-corrected chi connectivity index (χ1v) is 2.12. The molecule has 0 amide bonds. The molecular formula is C5H8NNaO. The second-order valence-electron chi connectivity index (χ2n) is 2.14. The monoisotopic (exact) mass is 121 g/mol. The SMILES string of the molecule is CC(C)(C#N)C[O-].[Na+]. The van der Waals surface area contributed by atoms with Crippen molar-refractivity contribution >= 4 is 0 Å². The standard InChI is InChI=1S/C5H8NO.Na/c1-5(2,3-6)4-7;/h4H2,1-2H3;/q-1;+1. The number of hydrogen-bond donors (Lipinski definition) is 0. The van der Waals surface area contributed by atoms with Gasteiger partial charge in [0.05, 0.1) is 6.07 Å². The van der Waals surface area contributed by atoms with Crippen LogP contribution in [0.5, 0.6) is 0 Å². The van der Waals surface area contributed by atoms with E-state index >= 15 is 0 Å². The van der Waals surface area contributed by atoms with Crippen LogP contribution in [-0.2, 0) is 0 Å². The Morgan fingerprint density at radius 1 is 1.62 bits per heavy atom. The van der Waals surface area contributed by atoms with Gasteiger partial charge in [-0.2, -0.15) is 5.26 Å². The first-order chi connectivity index (χ1) is 3.12. The molecule has 0 saturated carbocycles. The molecule has 0 atom stereocenters. The van der Waals surface area contributed by atoms with Gasteiger partial charge in [0, 0.05) is 5.41 Å². The van der Waals surface area contributed by atoms with Crippen LogP contribution >= 0.6 is 0 Å². The molecule has 0 saturated heterocycles. The third-order valence-electron chi connectivity index (χ3n) is 0.664. The van der Waals surface area contributed by atoms with Gasteiger partial charge >= 0.3 is 29.6 Å². The molecule has 0 rings (SSSR count). The van der Waals surface area contributed by atoms with Crippen LogP contribution in [-0.4, -0.2) is 6.61 Å². The number of rotatable bonds is 1. The van der Waals surface area contributed by atoms with Crippen LogP contribution in [0, 0.1) is 16.7 Å². The third-order valence-corrected chi connectivity index (χ3v) is 0.664. The quantitative estimate of drug-likeness (QED) is 0.345. The van der Waals surface area contributed by atoms with Gasteiger partial charge in [0.2, 0.25) is 0 Å². The van der Waals surface area contributed by atoms with E-state index in [0.717, 1.165) is 0 Å². The minimum absolute atomic E-state index is 0. The average molecular weight is 121 g/mol. The predicted molar refractivity (Wildman–Crippen MR) is 24.3 cm³/mol. The van der Waals surface area contributed by atoms with Crippen molar-refractivity contribution in [3.63, 3.8) is 0 Å². The fourth-order valence-electron chi connectivity index (χ4n) is 0.0323. The zero-order valence-corrected chi connectivity index (χ0v) is 7.56. The van der Waals surface area contributed by atoms with Gasteiger partial charge < -0.3 is 5.11 Å². The minimum Gasteiger partial charge on any atom is -0.853 e. The maximum absolute atomic E-state index is 9.96. The molecule has 2 nitrogen and oxygen atoms in total. The van der Waals surface area contributed by atoms with Gasteiger partial charge in [-0.1, -0.05) is 0 Å². The fraction of sp³-hybridized carbons (Fsp3) is 0.800. The van der Waals surface area contributed by atoms with E-state index in [1.54, 1.807) is 13.8 Å². The van der Waals surface area contributed by atoms with Crippen LogP contribution in [0.25, 0.3) is 0 Å². The van der Waals surface area contributed by atoms with Gasteiger partial charge in [0.25, 0.3) is 0 Å². The Morgan fingerprint density at radius 2 is 2.00 bits per heavy atom. The number of nitriles is 1. The second kappa shape index (κ2) is 4.34. The van der Waals surface area contributed by atoms with Gasteiger partial charge in [0.15, 0.2) is 0 Å². The summed E-state index contributed by atoms with van der Waals surface area (Å²) in [6.45, 7) is 2.93. The number of nitrogens with zero attached hydrogens (tertiary/aromatic N) is 1. The van der Waals surface area contributed by atoms with E-state index in [-0.39, 0.29) is 36.2 Å². The summed E-state index contributed by atoms with van der Waals surface area (Å²) in [5.41, 5.74) is -0.667. The van der Waals surface area contributed by atoms with Crippen molar-refractivity contribution in [2.45, 2.75) is 13.8 Å². The van der Waals surface area contributed by atoms with E-state index < -0.39 is 5.41 Å². The van der Waals surface area contributed by atoms with E-state index in [1.807, 2.05) is 6.07 Å². The summed E-state index contributed by atoms with van der Waals surface area (Å²) in [4.78, 5) is 0. The number of hydrogen-bond acceptors (Lipinski definition) is 2. The van der Waals surface area contributed by atoms with Crippen molar-refractivity contribution in [1.82, 2.24) is 0 Å². The molecule has 0 bridgehead atoms. The molecule has 40 valence electrons. The Kier molecular flexibility index (Phi) is 6.12. The second-order valence-corrected chi connectivity index (χ2v) is 2.14. The summed E-state index contributed by atoms with van der Waals surface area (Å²) in [5.74, 6) is 0. The van der Waals surface area contributed by atoms with Gasteiger partial charge in [-0.3, -0.25) is 0 Å². The average Bonchev–Trinajstić information content (AvgIpc) is 1.68. The molecule has 0 heterocycles. The van der Waals surface area contributed by atoms with E-state index in [0.29, 0.717) is 0 Å². The maximum Gasteiger partial charge on any atom is 1.00 e. The van der Waals surface area contributed by atoms with Gasteiger partial charge in [-0.25, -0.2) is 0 Å². The summed E-state index contributed by atoms with van der Waals surface area (Å²) in [7, 11) is 0. The summed E-state index contributed by atoms with van der Waals surface area (Å²) in [6, 6.07) is 1.88. The minimum atomic E-state index is -0.667. The molecule has 0 aromatic rings. The zero-order valence-electron chi connectivity index (χ0n) is 5.56. The molecule has 0 N–H and O–H groups in total. The van der Waals surface area contributed by atoms with Crippen LogP contribution in [0.1, 0.15) is 13.8 Å². The molecule has 0 spiro atoms. The Bertz CT molecular complexity index is 95.1. The molecule has 0 fully saturated rings. The van der Waals surface area contributed by atoms with E-state index in [9.17, 15) is 5.11 Å². The molecular weight excluding hydrogens is 113 g/mol. The van der Waals surface area contributed by atoms with Gasteiger partial charge in [-0.05, 0) is 13.8 Å². The molecule has 0 aromatic heterocycles. The van der Waals surface area contributed by atoms with Crippen molar-refractivity contribution < 1.29 is 34.7 Å². The van der Waals surface area contributed by atoms with Crippen LogP contribution < -0.4 is 34.7 Å².